The molecule has 0 aliphatic rings. The molecule has 1 atom stereocenters. The van der Waals surface area contributed by atoms with Crippen LogP contribution in [-0.2, 0) is 6.54 Å². The maximum atomic E-state index is 11.6. The smallest absolute Gasteiger partial charge is 0.315 e. The van der Waals surface area contributed by atoms with Crippen molar-refractivity contribution in [3.8, 4) is 5.75 Å². The summed E-state index contributed by atoms with van der Waals surface area (Å²) in [6.45, 7) is 4.35. The second kappa shape index (κ2) is 6.27. The topological polar surface area (TPSA) is 79.0 Å². The normalized spacial score (nSPS) is 12.2. The molecule has 2 amide bonds. The molecule has 0 aliphatic heterocycles. The fourth-order valence-corrected chi connectivity index (χ4v) is 1.79. The largest absolute Gasteiger partial charge is 0.497 e. The van der Waals surface area contributed by atoms with Crippen molar-refractivity contribution in [1.29, 1.82) is 0 Å². The molecular formula is C14H20N4O2. The molecule has 6 heteroatoms. The number of carbonyl (C=O) groups is 1. The molecule has 1 aromatic heterocycles. The number of urea groups is 1. The van der Waals surface area contributed by atoms with Crippen LogP contribution in [0.1, 0.15) is 26.1 Å². The number of rotatable bonds is 5. The van der Waals surface area contributed by atoms with Crippen LogP contribution >= 0.6 is 0 Å². The van der Waals surface area contributed by atoms with Crippen LogP contribution in [-0.4, -0.2) is 29.2 Å². The minimum Gasteiger partial charge on any atom is -0.497 e. The molecule has 1 aromatic carbocycles. The van der Waals surface area contributed by atoms with Crippen LogP contribution < -0.4 is 15.4 Å². The number of carbonyl (C=O) groups excluding carboxylic acids is 1. The van der Waals surface area contributed by atoms with E-state index in [1.54, 1.807) is 7.11 Å². The van der Waals surface area contributed by atoms with Gasteiger partial charge in [-0.05, 0) is 25.5 Å². The molecule has 0 aliphatic carbocycles. The Morgan fingerprint density at radius 3 is 3.00 bits per heavy atom. The zero-order valence-corrected chi connectivity index (χ0v) is 12.0. The Bertz CT molecular complexity index is 594. The average molecular weight is 276 g/mol. The molecule has 0 saturated heterocycles. The summed E-state index contributed by atoms with van der Waals surface area (Å²) in [6, 6.07) is 5.60. The third-order valence-electron chi connectivity index (χ3n) is 3.14. The molecule has 0 spiro atoms. The highest BCUT2D eigenvalue weighted by Crippen LogP contribution is 2.18. The summed E-state index contributed by atoms with van der Waals surface area (Å²) in [5.74, 6) is 1.49. The zero-order chi connectivity index (χ0) is 14.5. The van der Waals surface area contributed by atoms with Crippen molar-refractivity contribution in [2.24, 2.45) is 0 Å². The number of ether oxygens (including phenoxy) is 1. The first-order valence-corrected chi connectivity index (χ1v) is 6.69. The Hall–Kier alpha value is -2.24. The standard InChI is InChI=1S/C14H20N4O2/c1-4-9(2)16-14(19)15-8-13-17-11-6-5-10(20-3)7-12(11)18-13/h5-7,9H,4,8H2,1-3H3,(H,17,18)(H2,15,16,19). The van der Waals surface area contributed by atoms with E-state index in [1.165, 1.54) is 0 Å². The molecule has 1 unspecified atom stereocenters. The molecular weight excluding hydrogens is 256 g/mol. The number of hydrogen-bond acceptors (Lipinski definition) is 3. The molecule has 0 radical (unpaired) electrons. The first-order valence-electron chi connectivity index (χ1n) is 6.69. The summed E-state index contributed by atoms with van der Waals surface area (Å²) in [4.78, 5) is 19.2. The van der Waals surface area contributed by atoms with Crippen LogP contribution in [0.5, 0.6) is 5.75 Å². The lowest BCUT2D eigenvalue weighted by Gasteiger charge is -2.11. The summed E-state index contributed by atoms with van der Waals surface area (Å²) in [5.41, 5.74) is 1.74. The number of benzene rings is 1. The van der Waals surface area contributed by atoms with E-state index in [4.69, 9.17) is 4.74 Å². The van der Waals surface area contributed by atoms with Crippen LogP contribution in [0.2, 0.25) is 0 Å². The van der Waals surface area contributed by atoms with Gasteiger partial charge in [-0.25, -0.2) is 9.78 Å². The monoisotopic (exact) mass is 276 g/mol. The number of hydrogen-bond donors (Lipinski definition) is 3. The lowest BCUT2D eigenvalue weighted by atomic mass is 10.3. The fourth-order valence-electron chi connectivity index (χ4n) is 1.79. The summed E-state index contributed by atoms with van der Waals surface area (Å²) in [7, 11) is 1.62. The van der Waals surface area contributed by atoms with E-state index in [9.17, 15) is 4.79 Å². The lowest BCUT2D eigenvalue weighted by molar-refractivity contribution is 0.237. The van der Waals surface area contributed by atoms with E-state index >= 15 is 0 Å². The van der Waals surface area contributed by atoms with Gasteiger partial charge >= 0.3 is 6.03 Å². The van der Waals surface area contributed by atoms with Crippen molar-refractivity contribution >= 4 is 17.1 Å². The van der Waals surface area contributed by atoms with Gasteiger partial charge in [0.15, 0.2) is 0 Å². The van der Waals surface area contributed by atoms with E-state index < -0.39 is 0 Å². The first-order chi connectivity index (χ1) is 9.62. The molecule has 0 fully saturated rings. The second-order valence-electron chi connectivity index (χ2n) is 4.70. The molecule has 1 heterocycles. The zero-order valence-electron chi connectivity index (χ0n) is 12.0. The number of aromatic amines is 1. The molecule has 2 aromatic rings. The van der Waals surface area contributed by atoms with Crippen LogP contribution in [0.15, 0.2) is 18.2 Å². The molecule has 20 heavy (non-hydrogen) atoms. The van der Waals surface area contributed by atoms with Gasteiger partial charge in [0.25, 0.3) is 0 Å². The summed E-state index contributed by atoms with van der Waals surface area (Å²) < 4.78 is 5.16. The van der Waals surface area contributed by atoms with E-state index in [0.717, 1.165) is 23.2 Å². The lowest BCUT2D eigenvalue weighted by Crippen LogP contribution is -2.40. The van der Waals surface area contributed by atoms with Crippen molar-refractivity contribution in [3.63, 3.8) is 0 Å². The van der Waals surface area contributed by atoms with Crippen LogP contribution in [0, 0.1) is 0 Å². The van der Waals surface area contributed by atoms with E-state index in [1.807, 2.05) is 32.0 Å². The number of H-pyrrole nitrogens is 1. The van der Waals surface area contributed by atoms with Gasteiger partial charge in [0.1, 0.15) is 11.6 Å². The van der Waals surface area contributed by atoms with Crippen molar-refractivity contribution in [2.45, 2.75) is 32.9 Å². The molecule has 0 bridgehead atoms. The van der Waals surface area contributed by atoms with E-state index in [-0.39, 0.29) is 12.1 Å². The highest BCUT2D eigenvalue weighted by molar-refractivity contribution is 5.77. The molecule has 3 N–H and O–H groups in total. The summed E-state index contributed by atoms with van der Waals surface area (Å²) in [5, 5.41) is 5.62. The predicted octanol–water partition coefficient (Wildman–Crippen LogP) is 2.17. The SMILES string of the molecule is CCC(C)NC(=O)NCc1nc2ccc(OC)cc2[nH]1. The Balaban J connectivity index is 1.98. The third kappa shape index (κ3) is 3.40. The van der Waals surface area contributed by atoms with Crippen molar-refractivity contribution < 1.29 is 9.53 Å². The van der Waals surface area contributed by atoms with Gasteiger partial charge in [-0.1, -0.05) is 6.92 Å². The minimum absolute atomic E-state index is 0.162. The number of nitrogens with zero attached hydrogens (tertiary/aromatic N) is 1. The van der Waals surface area contributed by atoms with Crippen LogP contribution in [0.4, 0.5) is 4.79 Å². The Kier molecular flexibility index (Phi) is 4.45. The van der Waals surface area contributed by atoms with Gasteiger partial charge in [0, 0.05) is 12.1 Å². The first kappa shape index (κ1) is 14.2. The maximum absolute atomic E-state index is 11.6. The molecule has 6 nitrogen and oxygen atoms in total. The fraction of sp³-hybridized carbons (Fsp3) is 0.429. The van der Waals surface area contributed by atoms with Gasteiger partial charge in [-0.3, -0.25) is 0 Å². The second-order valence-corrected chi connectivity index (χ2v) is 4.70. The molecule has 108 valence electrons. The Morgan fingerprint density at radius 2 is 2.30 bits per heavy atom. The van der Waals surface area contributed by atoms with Gasteiger partial charge in [0.05, 0.1) is 24.7 Å². The van der Waals surface area contributed by atoms with E-state index in [0.29, 0.717) is 12.4 Å². The van der Waals surface area contributed by atoms with E-state index in [2.05, 4.69) is 20.6 Å². The minimum atomic E-state index is -0.183. The Labute approximate surface area is 117 Å². The highest BCUT2D eigenvalue weighted by atomic mass is 16.5. The van der Waals surface area contributed by atoms with Gasteiger partial charge < -0.3 is 20.4 Å². The number of amides is 2. The van der Waals surface area contributed by atoms with Crippen molar-refractivity contribution in [2.75, 3.05) is 7.11 Å². The average Bonchev–Trinajstić information content (AvgIpc) is 2.86. The van der Waals surface area contributed by atoms with Gasteiger partial charge in [-0.15, -0.1) is 0 Å². The molecule has 0 saturated carbocycles. The summed E-state index contributed by atoms with van der Waals surface area (Å²) in [6.07, 6.45) is 0.901. The third-order valence-corrected chi connectivity index (χ3v) is 3.14. The summed E-state index contributed by atoms with van der Waals surface area (Å²) >= 11 is 0. The number of fused-ring (bicyclic) bond motifs is 1. The maximum Gasteiger partial charge on any atom is 0.315 e. The highest BCUT2D eigenvalue weighted by Gasteiger charge is 2.07. The van der Waals surface area contributed by atoms with Crippen molar-refractivity contribution in [3.05, 3.63) is 24.0 Å². The van der Waals surface area contributed by atoms with Gasteiger partial charge in [0.2, 0.25) is 0 Å². The Morgan fingerprint density at radius 1 is 1.50 bits per heavy atom. The predicted molar refractivity (Wildman–Crippen MR) is 77.8 cm³/mol. The number of methoxy groups -OCH3 is 1. The quantitative estimate of drug-likeness (QED) is 0.783. The van der Waals surface area contributed by atoms with Crippen LogP contribution in [0.3, 0.4) is 0 Å². The van der Waals surface area contributed by atoms with Gasteiger partial charge in [-0.2, -0.15) is 0 Å². The van der Waals surface area contributed by atoms with Crippen molar-refractivity contribution in [1.82, 2.24) is 20.6 Å². The van der Waals surface area contributed by atoms with Crippen LogP contribution in [0.25, 0.3) is 11.0 Å². The number of nitrogens with one attached hydrogen (secondary N) is 3. The number of aromatic nitrogens is 2. The molecule has 2 rings (SSSR count). The number of imidazole rings is 1.